The highest BCUT2D eigenvalue weighted by molar-refractivity contribution is 14.1. The molecule has 0 spiro atoms. The van der Waals surface area contributed by atoms with E-state index in [-0.39, 0.29) is 17.1 Å². The first-order chi connectivity index (χ1) is 16.2. The maximum atomic E-state index is 10.8. The lowest BCUT2D eigenvalue weighted by molar-refractivity contribution is -0.0808. The lowest BCUT2D eigenvalue weighted by Crippen LogP contribution is -2.61. The Hall–Kier alpha value is -0.850. The smallest absolute Gasteiger partial charge is 0.120 e. The highest BCUT2D eigenvalue weighted by Gasteiger charge is 2.53. The number of alkyl halides is 1. The second kappa shape index (κ2) is 9.55. The summed E-state index contributed by atoms with van der Waals surface area (Å²) in [6, 6.07) is 13.4. The van der Waals surface area contributed by atoms with Crippen LogP contribution in [0.1, 0.15) is 84.1 Å². The van der Waals surface area contributed by atoms with Gasteiger partial charge in [0.2, 0.25) is 0 Å². The molecular weight excluding hydrogens is 533 g/mol. The summed E-state index contributed by atoms with van der Waals surface area (Å²) in [6.07, 6.45) is 10.7. The molecule has 0 amide bonds. The van der Waals surface area contributed by atoms with Crippen LogP contribution in [0.5, 0.6) is 5.75 Å². The minimum Gasteiger partial charge on any atom is -0.490 e. The molecule has 4 aliphatic rings. The van der Waals surface area contributed by atoms with Gasteiger partial charge in [-0.25, -0.2) is 0 Å². The minimum atomic E-state index is -0.155. The fourth-order valence-corrected chi connectivity index (χ4v) is 8.08. The van der Waals surface area contributed by atoms with E-state index in [9.17, 15) is 5.11 Å². The Labute approximate surface area is 219 Å². The predicted octanol–water partition coefficient (Wildman–Crippen LogP) is 7.41. The predicted molar refractivity (Wildman–Crippen MR) is 150 cm³/mol. The largest absolute Gasteiger partial charge is 0.490 e. The van der Waals surface area contributed by atoms with Crippen molar-refractivity contribution in [2.45, 2.75) is 103 Å². The fraction of sp³-hybridized carbons (Fsp3) is 0.667. The Morgan fingerprint density at radius 1 is 0.971 bits per heavy atom. The van der Waals surface area contributed by atoms with E-state index in [1.807, 2.05) is 0 Å². The molecule has 3 nitrogen and oxygen atoms in total. The van der Waals surface area contributed by atoms with Gasteiger partial charge in [-0.2, -0.15) is 0 Å². The number of halogens is 1. The van der Waals surface area contributed by atoms with E-state index in [0.717, 1.165) is 41.9 Å². The van der Waals surface area contributed by atoms with Crippen molar-refractivity contribution >= 4 is 33.4 Å². The van der Waals surface area contributed by atoms with Crippen molar-refractivity contribution in [3.05, 3.63) is 42.0 Å². The number of hydrogen-bond acceptors (Lipinski definition) is 3. The SMILES string of the molecule is CC(C)(C)[C@H]1CC[C@H](Oc2ccc3cc(CNC45CCC(CI)(CC4)C(O)C5)ccc3c2)CC1. The molecule has 6 rings (SSSR count). The maximum absolute atomic E-state index is 10.8. The Balaban J connectivity index is 1.19. The van der Waals surface area contributed by atoms with Crippen molar-refractivity contribution in [2.75, 3.05) is 4.43 Å². The molecule has 2 aromatic rings. The number of fused-ring (bicyclic) bond motifs is 4. The molecule has 0 heterocycles. The Morgan fingerprint density at radius 2 is 1.65 bits per heavy atom. The number of rotatable bonds is 6. The first-order valence-electron chi connectivity index (χ1n) is 13.4. The third kappa shape index (κ3) is 5.01. The van der Waals surface area contributed by atoms with Crippen LogP contribution in [-0.4, -0.2) is 27.3 Å². The molecule has 34 heavy (non-hydrogen) atoms. The third-order valence-corrected chi connectivity index (χ3v) is 11.0. The molecule has 186 valence electrons. The zero-order valence-electron chi connectivity index (χ0n) is 21.2. The molecule has 1 unspecified atom stereocenters. The van der Waals surface area contributed by atoms with E-state index in [2.05, 4.69) is 85.1 Å². The Bertz CT molecular complexity index is 997. The van der Waals surface area contributed by atoms with E-state index in [0.29, 0.717) is 11.5 Å². The molecule has 0 radical (unpaired) electrons. The normalized spacial score (nSPS) is 33.9. The number of ether oxygens (including phenoxy) is 1. The topological polar surface area (TPSA) is 41.5 Å². The van der Waals surface area contributed by atoms with E-state index in [1.54, 1.807) is 0 Å². The molecule has 2 bridgehead atoms. The molecule has 0 aliphatic heterocycles. The summed E-state index contributed by atoms with van der Waals surface area (Å²) in [5, 5.41) is 17.2. The summed E-state index contributed by atoms with van der Waals surface area (Å²) < 4.78 is 7.48. The molecule has 0 aromatic heterocycles. The summed E-state index contributed by atoms with van der Waals surface area (Å²) >= 11 is 2.47. The van der Waals surface area contributed by atoms with Gasteiger partial charge in [-0.05, 0) is 104 Å². The van der Waals surface area contributed by atoms with Crippen LogP contribution in [0.25, 0.3) is 10.8 Å². The van der Waals surface area contributed by atoms with E-state index >= 15 is 0 Å². The molecule has 2 aromatic carbocycles. The number of aliphatic hydroxyl groups is 1. The van der Waals surface area contributed by atoms with Crippen molar-refractivity contribution in [1.29, 1.82) is 0 Å². The average molecular weight is 576 g/mol. The van der Waals surface area contributed by atoms with Gasteiger partial charge < -0.3 is 15.2 Å². The summed E-state index contributed by atoms with van der Waals surface area (Å²) in [7, 11) is 0. The lowest BCUT2D eigenvalue weighted by Gasteiger charge is -2.56. The summed E-state index contributed by atoms with van der Waals surface area (Å²) in [5.74, 6) is 1.82. The van der Waals surface area contributed by atoms with Crippen LogP contribution in [0.3, 0.4) is 0 Å². The van der Waals surface area contributed by atoms with E-state index in [1.165, 1.54) is 54.9 Å². The van der Waals surface area contributed by atoms with Gasteiger partial charge in [0.15, 0.2) is 0 Å². The Kier molecular flexibility index (Phi) is 6.97. The van der Waals surface area contributed by atoms with Gasteiger partial charge >= 0.3 is 0 Å². The van der Waals surface area contributed by atoms with Crippen LogP contribution < -0.4 is 10.1 Å². The van der Waals surface area contributed by atoms with E-state index in [4.69, 9.17) is 4.74 Å². The lowest BCUT2D eigenvalue weighted by atomic mass is 9.56. The number of hydrogen-bond donors (Lipinski definition) is 2. The van der Waals surface area contributed by atoms with Gasteiger partial charge in [0.25, 0.3) is 0 Å². The minimum absolute atomic E-state index is 0.117. The first-order valence-corrected chi connectivity index (χ1v) is 14.9. The average Bonchev–Trinajstić information content (AvgIpc) is 2.83. The van der Waals surface area contributed by atoms with Crippen LogP contribution in [0.15, 0.2) is 36.4 Å². The monoisotopic (exact) mass is 575 g/mol. The third-order valence-electron chi connectivity index (χ3n) is 9.51. The van der Waals surface area contributed by atoms with Gasteiger partial charge in [0.05, 0.1) is 12.2 Å². The maximum Gasteiger partial charge on any atom is 0.120 e. The second-order valence-electron chi connectivity index (χ2n) is 12.7. The summed E-state index contributed by atoms with van der Waals surface area (Å²) in [4.78, 5) is 0. The van der Waals surface area contributed by atoms with Crippen LogP contribution in [-0.2, 0) is 6.54 Å². The van der Waals surface area contributed by atoms with Crippen molar-refractivity contribution < 1.29 is 9.84 Å². The summed E-state index contributed by atoms with van der Waals surface area (Å²) in [5.41, 5.74) is 2.03. The molecular formula is C30H42INO2. The second-order valence-corrected chi connectivity index (χ2v) is 13.4. The van der Waals surface area contributed by atoms with Crippen molar-refractivity contribution in [3.63, 3.8) is 0 Å². The zero-order valence-corrected chi connectivity index (χ0v) is 23.4. The molecule has 4 heteroatoms. The van der Waals surface area contributed by atoms with E-state index < -0.39 is 0 Å². The highest BCUT2D eigenvalue weighted by atomic mass is 127. The molecule has 2 N–H and O–H groups in total. The van der Waals surface area contributed by atoms with Crippen molar-refractivity contribution in [3.8, 4) is 5.75 Å². The highest BCUT2D eigenvalue weighted by Crippen LogP contribution is 2.53. The molecule has 4 saturated carbocycles. The quantitative estimate of drug-likeness (QED) is 0.279. The van der Waals surface area contributed by atoms with Gasteiger partial charge in [-0.15, -0.1) is 0 Å². The Morgan fingerprint density at radius 3 is 2.29 bits per heavy atom. The fourth-order valence-electron chi connectivity index (χ4n) is 6.81. The van der Waals surface area contributed by atoms with Gasteiger partial charge in [0, 0.05) is 21.9 Å². The van der Waals surface area contributed by atoms with Crippen LogP contribution in [0, 0.1) is 16.7 Å². The van der Waals surface area contributed by atoms with Crippen LogP contribution in [0.4, 0.5) is 0 Å². The first kappa shape index (κ1) is 24.8. The zero-order chi connectivity index (χ0) is 24.0. The molecule has 1 atom stereocenters. The number of nitrogens with one attached hydrogen (secondary N) is 1. The molecule has 0 saturated heterocycles. The van der Waals surface area contributed by atoms with Crippen molar-refractivity contribution in [1.82, 2.24) is 5.32 Å². The molecule has 4 fully saturated rings. The van der Waals surface area contributed by atoms with Crippen LogP contribution >= 0.6 is 22.6 Å². The van der Waals surface area contributed by atoms with Gasteiger partial charge in [-0.3, -0.25) is 0 Å². The number of benzene rings is 2. The molecule has 4 aliphatic carbocycles. The van der Waals surface area contributed by atoms with Gasteiger partial charge in [0.1, 0.15) is 5.75 Å². The standard InChI is InChI=1S/C30H42INO2/c1-28(2,3)24-7-10-25(11-8-24)34-26-9-6-22-16-21(4-5-23(22)17-26)19-32-30-14-12-29(20-31,13-15-30)27(33)18-30/h4-6,9,16-17,24-25,27,32-33H,7-8,10-15,18-20H2,1-3H3/t24-,25-,27?,29?,30?. The summed E-state index contributed by atoms with van der Waals surface area (Å²) in [6.45, 7) is 7.98. The number of aliphatic hydroxyl groups excluding tert-OH is 1. The van der Waals surface area contributed by atoms with Crippen LogP contribution in [0.2, 0.25) is 0 Å². The van der Waals surface area contributed by atoms with Crippen molar-refractivity contribution in [2.24, 2.45) is 16.7 Å². The van der Waals surface area contributed by atoms with Gasteiger partial charge in [-0.1, -0.05) is 61.6 Å².